The van der Waals surface area contributed by atoms with E-state index in [4.69, 9.17) is 0 Å². The third kappa shape index (κ3) is 2.92. The molecule has 1 amide bonds. The molecule has 0 aliphatic rings. The van der Waals surface area contributed by atoms with Crippen LogP contribution in [-0.4, -0.2) is 17.2 Å². The highest BCUT2D eigenvalue weighted by Gasteiger charge is 2.08. The molecule has 0 saturated heterocycles. The highest BCUT2D eigenvalue weighted by molar-refractivity contribution is 7.08. The molecule has 0 radical (unpaired) electrons. The van der Waals surface area contributed by atoms with Crippen molar-refractivity contribution in [1.29, 1.82) is 0 Å². The van der Waals surface area contributed by atoms with Crippen LogP contribution in [0, 0.1) is 0 Å². The van der Waals surface area contributed by atoms with Crippen molar-refractivity contribution in [2.24, 2.45) is 5.10 Å². The van der Waals surface area contributed by atoms with Crippen molar-refractivity contribution < 1.29 is 9.90 Å². The molecule has 2 aromatic rings. The fourth-order valence-electron chi connectivity index (χ4n) is 1.24. The summed E-state index contributed by atoms with van der Waals surface area (Å²) in [6.07, 6.45) is 1.55. The Hall–Kier alpha value is -2.14. The molecule has 2 rings (SSSR count). The number of rotatable bonds is 3. The minimum Gasteiger partial charge on any atom is -0.507 e. The van der Waals surface area contributed by atoms with Gasteiger partial charge < -0.3 is 5.11 Å². The van der Waals surface area contributed by atoms with Crippen molar-refractivity contribution in [3.63, 3.8) is 0 Å². The summed E-state index contributed by atoms with van der Waals surface area (Å²) in [5.74, 6) is -0.495. The van der Waals surface area contributed by atoms with E-state index in [1.807, 2.05) is 16.8 Å². The van der Waals surface area contributed by atoms with Crippen molar-refractivity contribution in [3.05, 3.63) is 52.2 Å². The summed E-state index contributed by atoms with van der Waals surface area (Å²) in [7, 11) is 0. The van der Waals surface area contributed by atoms with Crippen LogP contribution in [0.4, 0.5) is 0 Å². The number of phenols is 1. The largest absolute Gasteiger partial charge is 0.507 e. The van der Waals surface area contributed by atoms with E-state index in [2.05, 4.69) is 10.5 Å². The first-order chi connectivity index (χ1) is 8.27. The fraction of sp³-hybridized carbons (Fsp3) is 0. The van der Waals surface area contributed by atoms with Crippen LogP contribution in [0.2, 0.25) is 0 Å². The SMILES string of the molecule is O=C(N/N=C/c1ccsc1)c1ccccc1O. The number of amides is 1. The number of aromatic hydroxyl groups is 1. The molecule has 0 fully saturated rings. The maximum absolute atomic E-state index is 11.6. The van der Waals surface area contributed by atoms with Gasteiger partial charge in [-0.3, -0.25) is 4.79 Å². The molecule has 1 heterocycles. The lowest BCUT2D eigenvalue weighted by molar-refractivity contribution is 0.0952. The first kappa shape index (κ1) is 11.3. The van der Waals surface area contributed by atoms with Gasteiger partial charge in [0.25, 0.3) is 5.91 Å². The summed E-state index contributed by atoms with van der Waals surface area (Å²) in [6.45, 7) is 0. The van der Waals surface area contributed by atoms with Crippen LogP contribution in [-0.2, 0) is 0 Å². The zero-order valence-corrected chi connectivity index (χ0v) is 9.65. The average molecular weight is 246 g/mol. The Bertz CT molecular complexity index is 535. The highest BCUT2D eigenvalue weighted by atomic mass is 32.1. The number of para-hydroxylation sites is 1. The van der Waals surface area contributed by atoms with Gasteiger partial charge in [0.05, 0.1) is 11.8 Å². The Labute approximate surface area is 102 Å². The van der Waals surface area contributed by atoms with E-state index in [0.717, 1.165) is 5.56 Å². The second-order valence-electron chi connectivity index (χ2n) is 3.27. The first-order valence-electron chi connectivity index (χ1n) is 4.91. The molecule has 0 bridgehead atoms. The van der Waals surface area contributed by atoms with Gasteiger partial charge >= 0.3 is 0 Å². The van der Waals surface area contributed by atoms with Crippen molar-refractivity contribution in [3.8, 4) is 5.75 Å². The fourth-order valence-corrected chi connectivity index (χ4v) is 1.85. The van der Waals surface area contributed by atoms with E-state index in [-0.39, 0.29) is 11.3 Å². The topological polar surface area (TPSA) is 61.7 Å². The van der Waals surface area contributed by atoms with Crippen LogP contribution in [0.1, 0.15) is 15.9 Å². The molecule has 0 saturated carbocycles. The minimum atomic E-state index is -0.436. The predicted molar refractivity (Wildman–Crippen MR) is 67.5 cm³/mol. The van der Waals surface area contributed by atoms with Crippen molar-refractivity contribution in [1.82, 2.24) is 5.43 Å². The number of nitrogens with zero attached hydrogens (tertiary/aromatic N) is 1. The van der Waals surface area contributed by atoms with Gasteiger partial charge in [0.1, 0.15) is 5.75 Å². The summed E-state index contributed by atoms with van der Waals surface area (Å²) < 4.78 is 0. The number of nitrogens with one attached hydrogen (secondary N) is 1. The van der Waals surface area contributed by atoms with Crippen LogP contribution in [0.25, 0.3) is 0 Å². The molecule has 0 aliphatic carbocycles. The lowest BCUT2D eigenvalue weighted by Crippen LogP contribution is -2.17. The zero-order valence-electron chi connectivity index (χ0n) is 8.83. The molecule has 2 N–H and O–H groups in total. The number of thiophene rings is 1. The van der Waals surface area contributed by atoms with Crippen LogP contribution in [0.3, 0.4) is 0 Å². The van der Waals surface area contributed by atoms with Crippen molar-refractivity contribution >= 4 is 23.5 Å². The smallest absolute Gasteiger partial charge is 0.275 e. The van der Waals surface area contributed by atoms with Gasteiger partial charge in [0.15, 0.2) is 0 Å². The number of hydrazone groups is 1. The van der Waals surface area contributed by atoms with E-state index < -0.39 is 5.91 Å². The Kier molecular flexibility index (Phi) is 3.52. The maximum Gasteiger partial charge on any atom is 0.275 e. The van der Waals surface area contributed by atoms with E-state index in [9.17, 15) is 9.90 Å². The van der Waals surface area contributed by atoms with Gasteiger partial charge in [0, 0.05) is 5.56 Å². The Morgan fingerprint density at radius 1 is 1.35 bits per heavy atom. The molecule has 0 spiro atoms. The van der Waals surface area contributed by atoms with Gasteiger partial charge in [0.2, 0.25) is 0 Å². The zero-order chi connectivity index (χ0) is 12.1. The normalized spacial score (nSPS) is 10.6. The molecular weight excluding hydrogens is 236 g/mol. The molecule has 1 aromatic carbocycles. The molecule has 4 nitrogen and oxygen atoms in total. The summed E-state index contributed by atoms with van der Waals surface area (Å²) in [5.41, 5.74) is 3.48. The molecule has 0 atom stereocenters. The predicted octanol–water partition coefficient (Wildman–Crippen LogP) is 2.22. The lowest BCUT2D eigenvalue weighted by atomic mass is 10.2. The number of benzene rings is 1. The number of hydrogen-bond donors (Lipinski definition) is 2. The second kappa shape index (κ2) is 5.27. The maximum atomic E-state index is 11.6. The van der Waals surface area contributed by atoms with Crippen LogP contribution in [0.5, 0.6) is 5.75 Å². The summed E-state index contributed by atoms with van der Waals surface area (Å²) in [6, 6.07) is 8.21. The molecular formula is C12H10N2O2S. The summed E-state index contributed by atoms with van der Waals surface area (Å²) in [4.78, 5) is 11.6. The Balaban J connectivity index is 2.01. The summed E-state index contributed by atoms with van der Waals surface area (Å²) in [5, 5.41) is 17.1. The first-order valence-corrected chi connectivity index (χ1v) is 5.85. The number of carbonyl (C=O) groups is 1. The third-order valence-electron chi connectivity index (χ3n) is 2.07. The molecule has 1 aromatic heterocycles. The van der Waals surface area contributed by atoms with Gasteiger partial charge in [-0.2, -0.15) is 16.4 Å². The number of hydrogen-bond acceptors (Lipinski definition) is 4. The lowest BCUT2D eigenvalue weighted by Gasteiger charge is -2.01. The Morgan fingerprint density at radius 2 is 2.18 bits per heavy atom. The van der Waals surface area contributed by atoms with E-state index in [0.29, 0.717) is 0 Å². The number of carbonyl (C=O) groups excluding carboxylic acids is 1. The van der Waals surface area contributed by atoms with Gasteiger partial charge in [-0.1, -0.05) is 12.1 Å². The second-order valence-corrected chi connectivity index (χ2v) is 4.05. The van der Waals surface area contributed by atoms with E-state index >= 15 is 0 Å². The van der Waals surface area contributed by atoms with E-state index in [1.54, 1.807) is 29.7 Å². The molecule has 0 aliphatic heterocycles. The highest BCUT2D eigenvalue weighted by Crippen LogP contribution is 2.14. The van der Waals surface area contributed by atoms with Crippen molar-refractivity contribution in [2.75, 3.05) is 0 Å². The third-order valence-corrected chi connectivity index (χ3v) is 2.77. The monoisotopic (exact) mass is 246 g/mol. The molecule has 5 heteroatoms. The average Bonchev–Trinajstić information content (AvgIpc) is 2.82. The van der Waals surface area contributed by atoms with Crippen LogP contribution in [0.15, 0.2) is 46.2 Å². The van der Waals surface area contributed by atoms with Crippen LogP contribution >= 0.6 is 11.3 Å². The Morgan fingerprint density at radius 3 is 2.88 bits per heavy atom. The molecule has 0 unspecified atom stereocenters. The quantitative estimate of drug-likeness (QED) is 0.644. The van der Waals surface area contributed by atoms with Gasteiger partial charge in [-0.05, 0) is 29.0 Å². The standard InChI is InChI=1S/C12H10N2O2S/c15-11-4-2-1-3-10(11)12(16)14-13-7-9-5-6-17-8-9/h1-8,15H,(H,14,16)/b13-7+. The van der Waals surface area contributed by atoms with E-state index in [1.165, 1.54) is 12.1 Å². The van der Waals surface area contributed by atoms with Crippen LogP contribution < -0.4 is 5.43 Å². The minimum absolute atomic E-state index is 0.0595. The molecule has 86 valence electrons. The van der Waals surface area contributed by atoms with Gasteiger partial charge in [-0.25, -0.2) is 5.43 Å². The molecule has 17 heavy (non-hydrogen) atoms. The number of phenolic OH excluding ortho intramolecular Hbond substituents is 1. The van der Waals surface area contributed by atoms with Crippen molar-refractivity contribution in [2.45, 2.75) is 0 Å². The van der Waals surface area contributed by atoms with Gasteiger partial charge in [-0.15, -0.1) is 0 Å². The summed E-state index contributed by atoms with van der Waals surface area (Å²) >= 11 is 1.55.